The van der Waals surface area contributed by atoms with Crippen LogP contribution in [0, 0.1) is 0 Å². The SMILES string of the molecule is c1ccc(-c2ccc3ccc(-c4nc(-c5ccccc5)nc(-c5cccc6oc7cc8ccncc8cc7c56)n4)cc3c2)cc1.c1ccc(-c2ccc3ccc(-c4nc(-c5ccccc5)nc(-c5cccc6oc7cc8cnccc8cc7c56)n4)cc3c2)cc1.c1ccc(-c2ccc3ccc(-c4nc(-c5ccccc5)nc(-c5cccc6oc7cc8ncccc8cc7c56)n4)cc3c2)cc1. The molecule has 0 spiro atoms. The fourth-order valence-corrected chi connectivity index (χ4v) is 18.4. The molecule has 27 aromatic rings. The van der Waals surface area contributed by atoms with Crippen LogP contribution in [-0.4, -0.2) is 59.8 Å². The lowest BCUT2D eigenvalue weighted by atomic mass is 9.99. The van der Waals surface area contributed by atoms with Gasteiger partial charge in [-0.2, -0.15) is 0 Å². The zero-order valence-electron chi connectivity index (χ0n) is 72.2. The van der Waals surface area contributed by atoms with E-state index in [9.17, 15) is 0 Å². The smallest absolute Gasteiger partial charge is 0.164 e. The molecule has 0 aliphatic carbocycles. The largest absolute Gasteiger partial charge is 0.456 e. The molecule has 15 nitrogen and oxygen atoms in total. The normalized spacial score (nSPS) is 11.6. The fraction of sp³-hybridized carbons (Fsp3) is 0. The third-order valence-corrected chi connectivity index (χ3v) is 25.1. The molecule has 0 fully saturated rings. The molecule has 9 heterocycles. The summed E-state index contributed by atoms with van der Waals surface area (Å²) in [4.78, 5) is 58.6. The topological polar surface area (TPSA) is 194 Å². The molecule has 135 heavy (non-hydrogen) atoms. The van der Waals surface area contributed by atoms with E-state index in [1.807, 2.05) is 188 Å². The average Bonchev–Trinajstić information content (AvgIpc) is 1.62. The Bertz CT molecular complexity index is 8470. The second-order valence-electron chi connectivity index (χ2n) is 33.5. The number of hydrogen-bond acceptors (Lipinski definition) is 15. The van der Waals surface area contributed by atoms with Crippen LogP contribution in [0.5, 0.6) is 0 Å². The third kappa shape index (κ3) is 15.0. The van der Waals surface area contributed by atoms with E-state index >= 15 is 0 Å². The van der Waals surface area contributed by atoms with Crippen LogP contribution in [0.3, 0.4) is 0 Å². The van der Waals surface area contributed by atoms with Crippen LogP contribution in [0.4, 0.5) is 0 Å². The van der Waals surface area contributed by atoms with E-state index in [1.165, 1.54) is 33.4 Å². The quantitative estimate of drug-likeness (QED) is 0.112. The Morgan fingerprint density at radius 3 is 0.815 bits per heavy atom. The van der Waals surface area contributed by atoms with Gasteiger partial charge in [0, 0.05) is 136 Å². The van der Waals surface area contributed by atoms with Crippen LogP contribution in [0.1, 0.15) is 0 Å². The van der Waals surface area contributed by atoms with E-state index in [0.29, 0.717) is 52.4 Å². The van der Waals surface area contributed by atoms with Crippen LogP contribution >= 0.6 is 0 Å². The Morgan fingerprint density at radius 1 is 0.156 bits per heavy atom. The highest BCUT2D eigenvalue weighted by Gasteiger charge is 2.25. The lowest BCUT2D eigenvalue weighted by molar-refractivity contribution is 0.669. The van der Waals surface area contributed by atoms with Crippen molar-refractivity contribution in [3.63, 3.8) is 0 Å². The van der Waals surface area contributed by atoms with Gasteiger partial charge in [-0.1, -0.05) is 297 Å². The predicted octanol–water partition coefficient (Wildman–Crippen LogP) is 30.4. The van der Waals surface area contributed by atoms with Crippen LogP contribution in [-0.2, 0) is 0 Å². The Kier molecular flexibility index (Phi) is 19.5. The Morgan fingerprint density at radius 2 is 0.444 bits per heavy atom. The first-order chi connectivity index (χ1) is 66.8. The summed E-state index contributed by atoms with van der Waals surface area (Å²) >= 11 is 0. The lowest BCUT2D eigenvalue weighted by Gasteiger charge is -2.10. The molecule has 18 aromatic carbocycles. The van der Waals surface area contributed by atoms with Crippen LogP contribution in [0.15, 0.2) is 451 Å². The van der Waals surface area contributed by atoms with Gasteiger partial charge >= 0.3 is 0 Å². The molecule has 0 amide bonds. The maximum Gasteiger partial charge on any atom is 0.164 e. The molecule has 15 heteroatoms. The number of benzene rings is 18. The minimum atomic E-state index is 0.594. The van der Waals surface area contributed by atoms with Gasteiger partial charge in [-0.3, -0.25) is 15.0 Å². The van der Waals surface area contributed by atoms with Crippen LogP contribution < -0.4 is 0 Å². The molecular weight excluding hydrogens is 1660 g/mol. The standard InChI is InChI=1S/3C40H24N4O/c1-3-9-25(10-4-1)28-18-16-26-17-19-30(22-31(26)21-28)39-42-38(27-11-5-2-6-12-27)43-40(44-39)32-14-7-15-35-37(32)33-23-29-13-8-20-41-34(29)24-36(33)45-35;1-3-8-25(9-4-1)28-16-14-26-15-17-30(21-31(26)20-28)39-42-38(27-10-5-2-6-11-27)43-40(44-39)33-12-7-13-35-37(33)34-22-32-24-41-19-18-29(32)23-36(34)45-35;1-3-8-25(9-4-1)28-16-14-26-15-17-30(21-31(26)20-28)39-42-38(27-10-5-2-6-11-27)43-40(44-39)33-12-7-13-35-37(33)34-22-29-18-19-41-24-32(29)23-36(34)45-35/h3*1-24H. The number of fused-ring (bicyclic) bond motifs is 15. The van der Waals surface area contributed by atoms with Gasteiger partial charge < -0.3 is 13.3 Å². The van der Waals surface area contributed by atoms with Gasteiger partial charge in [-0.05, 0) is 180 Å². The summed E-state index contributed by atoms with van der Waals surface area (Å²) in [5.41, 5.74) is 20.9. The van der Waals surface area contributed by atoms with Crippen molar-refractivity contribution in [1.82, 2.24) is 59.8 Å². The minimum Gasteiger partial charge on any atom is -0.456 e. The van der Waals surface area contributed by atoms with Crippen molar-refractivity contribution >= 4 is 131 Å². The molecule has 0 saturated heterocycles. The molecule has 0 radical (unpaired) electrons. The van der Waals surface area contributed by atoms with Crippen molar-refractivity contribution in [1.29, 1.82) is 0 Å². The summed E-state index contributed by atoms with van der Waals surface area (Å²) in [6.07, 6.45) is 9.16. The lowest BCUT2D eigenvalue weighted by Crippen LogP contribution is -2.00. The highest BCUT2D eigenvalue weighted by molar-refractivity contribution is 6.18. The Hall–Kier alpha value is -18.6. The van der Waals surface area contributed by atoms with Gasteiger partial charge in [0.25, 0.3) is 0 Å². The first kappa shape index (κ1) is 78.6. The number of nitrogens with zero attached hydrogens (tertiary/aromatic N) is 12. The van der Waals surface area contributed by atoms with E-state index in [2.05, 4.69) is 252 Å². The van der Waals surface area contributed by atoms with Crippen LogP contribution in [0.2, 0.25) is 0 Å². The van der Waals surface area contributed by atoms with E-state index in [4.69, 9.17) is 58.1 Å². The Labute approximate surface area is 771 Å². The zero-order valence-corrected chi connectivity index (χ0v) is 72.2. The zero-order chi connectivity index (χ0) is 89.2. The number of aromatic nitrogens is 12. The minimum absolute atomic E-state index is 0.594. The molecule has 0 aliphatic heterocycles. The van der Waals surface area contributed by atoms with Crippen molar-refractivity contribution in [2.24, 2.45) is 0 Å². The third-order valence-electron chi connectivity index (χ3n) is 25.1. The van der Waals surface area contributed by atoms with Gasteiger partial charge in [0.1, 0.15) is 33.5 Å². The predicted molar refractivity (Wildman–Crippen MR) is 545 cm³/mol. The van der Waals surface area contributed by atoms with E-state index < -0.39 is 0 Å². The summed E-state index contributed by atoms with van der Waals surface area (Å²) in [5.74, 6) is 5.49. The number of furan rings is 3. The molecule has 0 bridgehead atoms. The summed E-state index contributed by atoms with van der Waals surface area (Å²) in [7, 11) is 0. The molecule has 9 aromatic heterocycles. The summed E-state index contributed by atoms with van der Waals surface area (Å²) in [6.45, 7) is 0. The monoisotopic (exact) mass is 1730 g/mol. The van der Waals surface area contributed by atoms with E-state index in [0.717, 1.165) is 181 Å². The van der Waals surface area contributed by atoms with Crippen molar-refractivity contribution in [2.45, 2.75) is 0 Å². The van der Waals surface area contributed by atoms with E-state index in [-0.39, 0.29) is 0 Å². The second-order valence-corrected chi connectivity index (χ2v) is 33.5. The van der Waals surface area contributed by atoms with Gasteiger partial charge in [0.2, 0.25) is 0 Å². The number of pyridine rings is 3. The summed E-state index contributed by atoms with van der Waals surface area (Å²) < 4.78 is 19.0. The second kappa shape index (κ2) is 33.5. The molecule has 0 unspecified atom stereocenters. The average molecular weight is 1730 g/mol. The van der Waals surface area contributed by atoms with Crippen molar-refractivity contribution in [3.05, 3.63) is 437 Å². The molecule has 630 valence electrons. The first-order valence-corrected chi connectivity index (χ1v) is 44.6. The van der Waals surface area contributed by atoms with Gasteiger partial charge in [0.05, 0.1) is 5.52 Å². The molecule has 27 rings (SSSR count). The number of hydrogen-bond donors (Lipinski definition) is 0. The molecule has 0 aliphatic rings. The molecular formula is C120H72N12O3. The first-order valence-electron chi connectivity index (χ1n) is 44.6. The van der Waals surface area contributed by atoms with Crippen molar-refractivity contribution < 1.29 is 13.3 Å². The maximum atomic E-state index is 6.36. The van der Waals surface area contributed by atoms with Gasteiger partial charge in [-0.25, -0.2) is 44.9 Å². The van der Waals surface area contributed by atoms with Gasteiger partial charge in [-0.15, -0.1) is 0 Å². The molecule has 0 N–H and O–H groups in total. The van der Waals surface area contributed by atoms with Crippen molar-refractivity contribution in [3.8, 4) is 136 Å². The Balaban J connectivity index is 0.000000108. The fourth-order valence-electron chi connectivity index (χ4n) is 18.4. The highest BCUT2D eigenvalue weighted by atomic mass is 16.3. The maximum absolute atomic E-state index is 6.36. The van der Waals surface area contributed by atoms with Gasteiger partial charge in [0.15, 0.2) is 52.4 Å². The molecule has 0 saturated carbocycles. The summed E-state index contributed by atoms with van der Waals surface area (Å²) in [5, 5.41) is 18.1. The van der Waals surface area contributed by atoms with E-state index in [1.54, 1.807) is 12.4 Å². The highest BCUT2D eigenvalue weighted by Crippen LogP contribution is 2.44. The number of rotatable bonds is 12. The van der Waals surface area contributed by atoms with Crippen LogP contribution in [0.25, 0.3) is 266 Å². The molecule has 0 atom stereocenters. The van der Waals surface area contributed by atoms with Crippen molar-refractivity contribution in [2.75, 3.05) is 0 Å². The summed E-state index contributed by atoms with van der Waals surface area (Å²) in [6, 6.07) is 139.